The summed E-state index contributed by atoms with van der Waals surface area (Å²) in [7, 11) is 1.97. The van der Waals surface area contributed by atoms with Gasteiger partial charge in [-0.2, -0.15) is 0 Å². The van der Waals surface area contributed by atoms with Crippen LogP contribution in [0.1, 0.15) is 82.6 Å². The third-order valence-electron chi connectivity index (χ3n) is 11.9. The minimum Gasteiger partial charge on any atom is -0.371 e. The molecule has 9 rings (SSSR count). The molecule has 4 aliphatic rings. The number of aromatic nitrogens is 4. The van der Waals surface area contributed by atoms with Gasteiger partial charge in [-0.25, -0.2) is 18.7 Å². The van der Waals surface area contributed by atoms with Crippen LogP contribution in [0.15, 0.2) is 66.6 Å². The highest BCUT2D eigenvalue weighted by Crippen LogP contribution is 2.38. The number of nitrogens with one attached hydrogen (secondary N) is 2. The van der Waals surface area contributed by atoms with Crippen LogP contribution in [-0.4, -0.2) is 79.1 Å². The van der Waals surface area contributed by atoms with Crippen LogP contribution in [0.3, 0.4) is 0 Å². The number of piperidine rings is 2. The minimum absolute atomic E-state index is 0.0620. The van der Waals surface area contributed by atoms with Gasteiger partial charge in [0.15, 0.2) is 11.2 Å². The zero-order chi connectivity index (χ0) is 40.1. The van der Waals surface area contributed by atoms with Crippen LogP contribution >= 0.6 is 11.3 Å². The quantitative estimate of drug-likeness (QED) is 0.173. The number of fused-ring (bicyclic) bond motifs is 2. The summed E-state index contributed by atoms with van der Waals surface area (Å²) in [5.41, 5.74) is 5.16. The van der Waals surface area contributed by atoms with E-state index in [1.165, 1.54) is 22.3 Å². The van der Waals surface area contributed by atoms with Gasteiger partial charge >= 0.3 is 0 Å². The van der Waals surface area contributed by atoms with E-state index in [1.807, 2.05) is 35.9 Å². The second-order valence-electron chi connectivity index (χ2n) is 15.4. The van der Waals surface area contributed by atoms with Crippen LogP contribution in [0.5, 0.6) is 0 Å². The number of halogens is 2. The van der Waals surface area contributed by atoms with E-state index >= 15 is 4.39 Å². The number of aryl methyl sites for hydroxylation is 1. The maximum Gasteiger partial charge on any atom is 0.255 e. The Morgan fingerprint density at radius 1 is 0.983 bits per heavy atom. The van der Waals surface area contributed by atoms with E-state index in [1.54, 1.807) is 30.0 Å². The Morgan fingerprint density at radius 2 is 1.79 bits per heavy atom. The molecule has 4 aliphatic heterocycles. The number of nitrogens with zero attached hydrogens (tertiary/aromatic N) is 7. The fraction of sp³-hybridized carbons (Fsp3) is 0.357. The maximum absolute atomic E-state index is 15.9. The summed E-state index contributed by atoms with van der Waals surface area (Å²) in [4.78, 5) is 70.7. The van der Waals surface area contributed by atoms with E-state index in [0.29, 0.717) is 40.6 Å². The Kier molecular flexibility index (Phi) is 10.1. The van der Waals surface area contributed by atoms with Gasteiger partial charge in [0.1, 0.15) is 11.6 Å². The molecule has 2 aromatic carbocycles. The largest absolute Gasteiger partial charge is 0.371 e. The molecule has 4 amide bonds. The van der Waals surface area contributed by atoms with Crippen molar-refractivity contribution >= 4 is 45.8 Å². The summed E-state index contributed by atoms with van der Waals surface area (Å²) in [5, 5.41) is 7.34. The van der Waals surface area contributed by atoms with Crippen molar-refractivity contribution in [3.05, 3.63) is 112 Å². The van der Waals surface area contributed by atoms with Crippen molar-refractivity contribution in [2.45, 2.75) is 76.2 Å². The first-order valence-corrected chi connectivity index (χ1v) is 20.4. The van der Waals surface area contributed by atoms with Crippen LogP contribution in [0.25, 0.3) is 11.1 Å². The molecule has 0 radical (unpaired) electrons. The zero-order valence-electron chi connectivity index (χ0n) is 31.8. The number of benzene rings is 2. The van der Waals surface area contributed by atoms with Gasteiger partial charge in [0.05, 0.1) is 36.4 Å². The topological polar surface area (TPSA) is 146 Å². The van der Waals surface area contributed by atoms with Crippen LogP contribution in [0, 0.1) is 11.6 Å². The van der Waals surface area contributed by atoms with Crippen LogP contribution in [0.2, 0.25) is 0 Å². The van der Waals surface area contributed by atoms with Crippen molar-refractivity contribution in [1.29, 1.82) is 0 Å². The predicted octanol–water partition coefficient (Wildman–Crippen LogP) is 5.58. The van der Waals surface area contributed by atoms with E-state index in [4.69, 9.17) is 0 Å². The summed E-state index contributed by atoms with van der Waals surface area (Å²) in [6.07, 6.45) is 8.39. The number of imidazole rings is 1. The molecule has 2 saturated heterocycles. The average Bonchev–Trinajstić information content (AvgIpc) is 4.04. The first-order valence-electron chi connectivity index (χ1n) is 19.5. The van der Waals surface area contributed by atoms with Gasteiger partial charge in [0, 0.05) is 78.3 Å². The van der Waals surface area contributed by atoms with Gasteiger partial charge in [0.25, 0.3) is 11.8 Å². The smallest absolute Gasteiger partial charge is 0.255 e. The lowest BCUT2D eigenvalue weighted by atomic mass is 9.93. The second kappa shape index (κ2) is 15.5. The molecule has 2 N–H and O–H groups in total. The van der Waals surface area contributed by atoms with E-state index in [9.17, 15) is 23.6 Å². The van der Waals surface area contributed by atoms with Gasteiger partial charge in [-0.15, -0.1) is 11.3 Å². The lowest BCUT2D eigenvalue weighted by Crippen LogP contribution is -2.43. The summed E-state index contributed by atoms with van der Waals surface area (Å²) in [6, 6.07) is 11.8. The molecular formula is C42H41F2N9O4S. The number of amides is 4. The molecule has 3 aromatic heterocycles. The lowest BCUT2D eigenvalue weighted by Gasteiger charge is -2.38. The summed E-state index contributed by atoms with van der Waals surface area (Å²) in [5.74, 6) is -3.09. The van der Waals surface area contributed by atoms with Crippen LogP contribution in [0.4, 0.5) is 19.6 Å². The number of imide groups is 1. The van der Waals surface area contributed by atoms with Crippen LogP contribution < -0.4 is 15.5 Å². The van der Waals surface area contributed by atoms with Gasteiger partial charge in [-0.05, 0) is 80.6 Å². The van der Waals surface area contributed by atoms with Crippen molar-refractivity contribution in [2.24, 2.45) is 0 Å². The Labute approximate surface area is 337 Å². The molecule has 5 aromatic rings. The number of rotatable bonds is 10. The van der Waals surface area contributed by atoms with E-state index in [2.05, 4.69) is 35.4 Å². The molecule has 298 valence electrons. The van der Waals surface area contributed by atoms with Crippen LogP contribution in [-0.2, 0) is 40.4 Å². The molecule has 0 saturated carbocycles. The summed E-state index contributed by atoms with van der Waals surface area (Å²) >= 11 is 1.27. The van der Waals surface area contributed by atoms with Gasteiger partial charge in [-0.3, -0.25) is 39.7 Å². The van der Waals surface area contributed by atoms with E-state index < -0.39 is 41.3 Å². The Morgan fingerprint density at radius 3 is 2.55 bits per heavy atom. The summed E-state index contributed by atoms with van der Waals surface area (Å²) in [6.45, 7) is 2.65. The van der Waals surface area contributed by atoms with Gasteiger partial charge < -0.3 is 14.4 Å². The fourth-order valence-corrected chi connectivity index (χ4v) is 9.31. The van der Waals surface area contributed by atoms with Crippen molar-refractivity contribution in [3.8, 4) is 11.1 Å². The SMILES string of the molecule is CN(Cc1cc(C2CCC(=O)NC2=O)ncc1F)C1CCN(c2ccc(-c3cc(F)c4c(c3)C(=O)N(C(C(=O)Nc3nccs3)c3ncn5c3CCC5)C4)cc2)CC1. The lowest BCUT2D eigenvalue weighted by molar-refractivity contribution is -0.134. The van der Waals surface area contributed by atoms with Crippen molar-refractivity contribution in [2.75, 3.05) is 30.4 Å². The van der Waals surface area contributed by atoms with E-state index in [-0.39, 0.29) is 36.0 Å². The number of hydrogen-bond donors (Lipinski definition) is 2. The Bertz CT molecular complexity index is 2410. The molecule has 0 spiro atoms. The normalized spacial score (nSPS) is 18.8. The number of thiazole rings is 1. The highest BCUT2D eigenvalue weighted by Gasteiger charge is 2.42. The maximum atomic E-state index is 15.9. The molecular weight excluding hydrogens is 765 g/mol. The molecule has 2 atom stereocenters. The van der Waals surface area contributed by atoms with E-state index in [0.717, 1.165) is 68.5 Å². The zero-order valence-corrected chi connectivity index (χ0v) is 32.6. The number of pyridine rings is 1. The highest BCUT2D eigenvalue weighted by molar-refractivity contribution is 7.13. The standard InChI is InChI=1S/C42H41F2N9O4S/c1-50(21-26-19-34(46-20-33(26)44)29-8-9-36(54)48-39(29)55)27-10-14-51(15-11-27)28-6-4-24(5-7-28)25-17-30-31(32(43)18-25)22-53(41(30)57)38(40(56)49-42-45-12-16-58-42)37-35-3-2-13-52(35)23-47-37/h4-7,12,16-20,23,27,29,38H,2-3,8-11,13-15,21-22H2,1H3,(H,45,49,56)(H,48,54,55). The predicted molar refractivity (Wildman–Crippen MR) is 212 cm³/mol. The molecule has 0 aliphatic carbocycles. The van der Waals surface area contributed by atoms with Crippen molar-refractivity contribution in [3.63, 3.8) is 0 Å². The molecule has 16 heteroatoms. The monoisotopic (exact) mass is 805 g/mol. The molecule has 2 unspecified atom stereocenters. The second-order valence-corrected chi connectivity index (χ2v) is 16.3. The van der Waals surface area contributed by atoms with Gasteiger partial charge in [0.2, 0.25) is 11.8 Å². The molecule has 7 heterocycles. The molecule has 13 nitrogen and oxygen atoms in total. The molecule has 58 heavy (non-hydrogen) atoms. The fourth-order valence-electron chi connectivity index (χ4n) is 8.78. The Balaban J connectivity index is 0.860. The number of anilines is 2. The van der Waals surface area contributed by atoms with Gasteiger partial charge in [-0.1, -0.05) is 12.1 Å². The van der Waals surface area contributed by atoms with Crippen molar-refractivity contribution in [1.82, 2.24) is 34.6 Å². The first-order chi connectivity index (χ1) is 28.1. The number of hydrogen-bond acceptors (Lipinski definition) is 10. The summed E-state index contributed by atoms with van der Waals surface area (Å²) < 4.78 is 32.8. The van der Waals surface area contributed by atoms with Crippen molar-refractivity contribution < 1.29 is 28.0 Å². The Hall–Kier alpha value is -5.87. The average molecular weight is 806 g/mol. The molecule has 2 fully saturated rings. The third-order valence-corrected chi connectivity index (χ3v) is 12.6. The molecule has 0 bridgehead atoms. The number of carbonyl (C=O) groups is 4. The third kappa shape index (κ3) is 7.15. The first kappa shape index (κ1) is 37.7. The minimum atomic E-state index is -1.06. The highest BCUT2D eigenvalue weighted by atomic mass is 32.1. The number of carbonyl (C=O) groups excluding carboxylic acids is 4.